The summed E-state index contributed by atoms with van der Waals surface area (Å²) in [6.07, 6.45) is 3.51. The van der Waals surface area contributed by atoms with E-state index in [0.717, 1.165) is 12.1 Å². The standard InChI is InChI=1S/C21H33N5O/c1-7-22-19(24-15-21(5,27)17-12-25-26(6)13-17)23-14-20(3,4)18-11-9-8-10-16(18)2/h8-13,27H,7,14-15H2,1-6H3,(H2,22,23,24). The van der Waals surface area contributed by atoms with Crippen molar-refractivity contribution in [2.24, 2.45) is 12.0 Å². The maximum atomic E-state index is 10.8. The molecule has 0 radical (unpaired) electrons. The molecule has 6 heteroatoms. The number of benzene rings is 1. The number of aliphatic hydroxyl groups is 1. The number of nitrogens with zero attached hydrogens (tertiary/aromatic N) is 3. The first-order valence-electron chi connectivity index (χ1n) is 9.45. The minimum Gasteiger partial charge on any atom is -0.383 e. The number of aryl methyl sites for hydroxylation is 2. The molecular formula is C21H33N5O. The summed E-state index contributed by atoms with van der Waals surface area (Å²) in [6.45, 7) is 12.1. The van der Waals surface area contributed by atoms with Crippen molar-refractivity contribution in [2.75, 3.05) is 19.6 Å². The molecule has 2 rings (SSSR count). The van der Waals surface area contributed by atoms with Crippen LogP contribution in [0, 0.1) is 6.92 Å². The monoisotopic (exact) mass is 371 g/mol. The highest BCUT2D eigenvalue weighted by Gasteiger charge is 2.26. The summed E-state index contributed by atoms with van der Waals surface area (Å²) >= 11 is 0. The Morgan fingerprint density at radius 1 is 1.22 bits per heavy atom. The molecule has 0 aliphatic rings. The zero-order chi connectivity index (χ0) is 20.1. The van der Waals surface area contributed by atoms with Gasteiger partial charge in [-0.1, -0.05) is 38.1 Å². The van der Waals surface area contributed by atoms with Crippen molar-refractivity contribution >= 4 is 5.96 Å². The largest absolute Gasteiger partial charge is 0.383 e. The van der Waals surface area contributed by atoms with Crippen LogP contribution in [0.15, 0.2) is 41.7 Å². The minimum absolute atomic E-state index is 0.0838. The highest BCUT2D eigenvalue weighted by molar-refractivity contribution is 5.79. The number of aliphatic imine (C=N–C) groups is 1. The minimum atomic E-state index is -1.03. The van der Waals surface area contributed by atoms with Gasteiger partial charge in [0.15, 0.2) is 5.96 Å². The van der Waals surface area contributed by atoms with Crippen molar-refractivity contribution in [3.05, 3.63) is 53.3 Å². The van der Waals surface area contributed by atoms with Crippen LogP contribution in [-0.4, -0.2) is 40.5 Å². The van der Waals surface area contributed by atoms with Crippen LogP contribution >= 0.6 is 0 Å². The Balaban J connectivity index is 2.08. The molecule has 0 fully saturated rings. The summed E-state index contributed by atoms with van der Waals surface area (Å²) in [5, 5.41) is 21.4. The van der Waals surface area contributed by atoms with E-state index in [-0.39, 0.29) is 5.41 Å². The molecule has 0 bridgehead atoms. The summed E-state index contributed by atoms with van der Waals surface area (Å²) in [5.41, 5.74) is 2.23. The molecule has 1 heterocycles. The fourth-order valence-corrected chi connectivity index (χ4v) is 3.09. The van der Waals surface area contributed by atoms with Gasteiger partial charge in [0.05, 0.1) is 19.3 Å². The molecule has 0 saturated heterocycles. The zero-order valence-corrected chi connectivity index (χ0v) is 17.4. The van der Waals surface area contributed by atoms with Crippen LogP contribution in [0.25, 0.3) is 0 Å². The van der Waals surface area contributed by atoms with Crippen molar-refractivity contribution in [3.8, 4) is 0 Å². The van der Waals surface area contributed by atoms with Crippen LogP contribution in [0.1, 0.15) is 44.4 Å². The average molecular weight is 372 g/mol. The molecule has 1 aromatic carbocycles. The Hall–Kier alpha value is -2.34. The molecule has 2 aromatic rings. The first-order valence-corrected chi connectivity index (χ1v) is 9.45. The highest BCUT2D eigenvalue weighted by atomic mass is 16.3. The fraction of sp³-hybridized carbons (Fsp3) is 0.524. The number of hydrogen-bond donors (Lipinski definition) is 3. The van der Waals surface area contributed by atoms with Gasteiger partial charge in [0.25, 0.3) is 0 Å². The Bertz CT molecular complexity index is 776. The molecule has 27 heavy (non-hydrogen) atoms. The highest BCUT2D eigenvalue weighted by Crippen LogP contribution is 2.26. The lowest BCUT2D eigenvalue weighted by molar-refractivity contribution is 0.0616. The zero-order valence-electron chi connectivity index (χ0n) is 17.4. The van der Waals surface area contributed by atoms with Crippen LogP contribution in [0.5, 0.6) is 0 Å². The summed E-state index contributed by atoms with van der Waals surface area (Å²) in [5.74, 6) is 0.698. The number of nitrogens with one attached hydrogen (secondary N) is 2. The van der Waals surface area contributed by atoms with Crippen molar-refractivity contribution < 1.29 is 5.11 Å². The van der Waals surface area contributed by atoms with E-state index in [0.29, 0.717) is 19.0 Å². The van der Waals surface area contributed by atoms with Gasteiger partial charge in [0.1, 0.15) is 5.60 Å². The number of guanidine groups is 1. The van der Waals surface area contributed by atoms with E-state index in [1.54, 1.807) is 17.8 Å². The Kier molecular flexibility index (Phi) is 6.65. The molecule has 0 amide bonds. The quantitative estimate of drug-likeness (QED) is 0.516. The topological polar surface area (TPSA) is 74.5 Å². The van der Waals surface area contributed by atoms with E-state index in [9.17, 15) is 5.11 Å². The second-order valence-corrected chi connectivity index (χ2v) is 7.92. The van der Waals surface area contributed by atoms with E-state index in [4.69, 9.17) is 4.99 Å². The van der Waals surface area contributed by atoms with E-state index in [2.05, 4.69) is 60.8 Å². The van der Waals surface area contributed by atoms with Crippen molar-refractivity contribution in [3.63, 3.8) is 0 Å². The predicted octanol–water partition coefficient (Wildman–Crippen LogP) is 2.47. The third kappa shape index (κ3) is 5.57. The van der Waals surface area contributed by atoms with Gasteiger partial charge in [-0.3, -0.25) is 9.67 Å². The van der Waals surface area contributed by atoms with Gasteiger partial charge in [0.2, 0.25) is 0 Å². The predicted molar refractivity (Wildman–Crippen MR) is 111 cm³/mol. The van der Waals surface area contributed by atoms with Gasteiger partial charge in [-0.15, -0.1) is 0 Å². The third-order valence-electron chi connectivity index (χ3n) is 4.78. The maximum absolute atomic E-state index is 10.8. The summed E-state index contributed by atoms with van der Waals surface area (Å²) in [6, 6.07) is 8.43. The summed E-state index contributed by atoms with van der Waals surface area (Å²) in [4.78, 5) is 4.77. The smallest absolute Gasteiger partial charge is 0.191 e. The van der Waals surface area contributed by atoms with Gasteiger partial charge in [-0.05, 0) is 31.9 Å². The second-order valence-electron chi connectivity index (χ2n) is 7.92. The molecule has 3 N–H and O–H groups in total. The Labute approximate surface area is 162 Å². The van der Waals surface area contributed by atoms with Crippen LogP contribution in [0.3, 0.4) is 0 Å². The Morgan fingerprint density at radius 2 is 1.93 bits per heavy atom. The van der Waals surface area contributed by atoms with Gasteiger partial charge in [0, 0.05) is 30.8 Å². The first-order chi connectivity index (χ1) is 12.7. The molecule has 148 valence electrons. The van der Waals surface area contributed by atoms with E-state index in [1.165, 1.54) is 11.1 Å². The second kappa shape index (κ2) is 8.57. The van der Waals surface area contributed by atoms with Gasteiger partial charge in [-0.2, -0.15) is 5.10 Å². The third-order valence-corrected chi connectivity index (χ3v) is 4.78. The number of aromatic nitrogens is 2. The molecule has 0 saturated carbocycles. The number of rotatable bonds is 7. The van der Waals surface area contributed by atoms with Crippen LogP contribution in [-0.2, 0) is 18.1 Å². The van der Waals surface area contributed by atoms with Crippen molar-refractivity contribution in [1.82, 2.24) is 20.4 Å². The maximum Gasteiger partial charge on any atom is 0.191 e. The molecule has 1 unspecified atom stereocenters. The van der Waals surface area contributed by atoms with Gasteiger partial charge < -0.3 is 15.7 Å². The van der Waals surface area contributed by atoms with Gasteiger partial charge in [-0.25, -0.2) is 0 Å². The summed E-state index contributed by atoms with van der Waals surface area (Å²) < 4.78 is 1.69. The Morgan fingerprint density at radius 3 is 2.52 bits per heavy atom. The molecule has 1 atom stereocenters. The van der Waals surface area contributed by atoms with Crippen LogP contribution < -0.4 is 10.6 Å². The summed E-state index contributed by atoms with van der Waals surface area (Å²) in [7, 11) is 1.84. The van der Waals surface area contributed by atoms with Gasteiger partial charge >= 0.3 is 0 Å². The molecular weight excluding hydrogens is 338 g/mol. The molecule has 6 nitrogen and oxygen atoms in total. The molecule has 0 aliphatic heterocycles. The van der Waals surface area contributed by atoms with E-state index >= 15 is 0 Å². The SMILES string of the molecule is CCNC(=NCC(C)(C)c1ccccc1C)NCC(C)(O)c1cnn(C)c1. The van der Waals surface area contributed by atoms with E-state index < -0.39 is 5.60 Å². The van der Waals surface area contributed by atoms with Crippen molar-refractivity contribution in [1.29, 1.82) is 0 Å². The van der Waals surface area contributed by atoms with Crippen molar-refractivity contribution in [2.45, 2.75) is 45.6 Å². The van der Waals surface area contributed by atoms with Crippen LogP contribution in [0.4, 0.5) is 0 Å². The lowest BCUT2D eigenvalue weighted by Crippen LogP contribution is -2.45. The number of hydrogen-bond acceptors (Lipinski definition) is 3. The van der Waals surface area contributed by atoms with E-state index in [1.807, 2.05) is 20.2 Å². The lowest BCUT2D eigenvalue weighted by atomic mass is 9.82. The molecule has 1 aromatic heterocycles. The van der Waals surface area contributed by atoms with Crippen LogP contribution in [0.2, 0.25) is 0 Å². The first kappa shape index (κ1) is 21.0. The molecule has 0 spiro atoms. The fourth-order valence-electron chi connectivity index (χ4n) is 3.09. The molecule has 0 aliphatic carbocycles. The normalized spacial score (nSPS) is 14.7. The lowest BCUT2D eigenvalue weighted by Gasteiger charge is -2.27. The average Bonchev–Trinajstić information content (AvgIpc) is 3.05.